The second kappa shape index (κ2) is 9.75. The lowest BCUT2D eigenvalue weighted by Gasteiger charge is -2.12. The molecule has 0 saturated heterocycles. The summed E-state index contributed by atoms with van der Waals surface area (Å²) in [6.07, 6.45) is 1.75. The van der Waals surface area contributed by atoms with E-state index in [0.29, 0.717) is 18.9 Å². The van der Waals surface area contributed by atoms with E-state index >= 15 is 0 Å². The van der Waals surface area contributed by atoms with Crippen molar-refractivity contribution in [3.8, 4) is 0 Å². The van der Waals surface area contributed by atoms with Gasteiger partial charge in [0.1, 0.15) is 0 Å². The summed E-state index contributed by atoms with van der Waals surface area (Å²) in [6.45, 7) is 7.97. The molecule has 0 spiro atoms. The van der Waals surface area contributed by atoms with Crippen molar-refractivity contribution in [2.75, 3.05) is 12.4 Å². The fourth-order valence-corrected chi connectivity index (χ4v) is 2.15. The zero-order valence-corrected chi connectivity index (χ0v) is 12.2. The molecule has 0 N–H and O–H groups in total. The number of unbranched alkanes of at least 4 members (excludes halogenated alkanes) is 1. The standard InChI is InChI=1S/C13H25FO2S/c1-10(2)9-16-13(15)12(4)17-8-6-5-7-11(3)14/h10-12H,5-9H2,1-4H3. The van der Waals surface area contributed by atoms with Gasteiger partial charge < -0.3 is 4.74 Å². The van der Waals surface area contributed by atoms with Crippen LogP contribution in [0.25, 0.3) is 0 Å². The first kappa shape index (κ1) is 16.8. The van der Waals surface area contributed by atoms with E-state index in [0.717, 1.165) is 18.6 Å². The predicted octanol–water partition coefficient (Wildman–Crippen LogP) is 3.84. The molecule has 2 nitrogen and oxygen atoms in total. The summed E-state index contributed by atoms with van der Waals surface area (Å²) < 4.78 is 17.7. The summed E-state index contributed by atoms with van der Waals surface area (Å²) in [5.74, 6) is 1.13. The van der Waals surface area contributed by atoms with Crippen LogP contribution in [0.1, 0.15) is 47.0 Å². The number of hydrogen-bond acceptors (Lipinski definition) is 3. The number of alkyl halides is 1. The van der Waals surface area contributed by atoms with Gasteiger partial charge in [0.2, 0.25) is 0 Å². The average molecular weight is 264 g/mol. The summed E-state index contributed by atoms with van der Waals surface area (Å²) in [7, 11) is 0. The molecule has 102 valence electrons. The van der Waals surface area contributed by atoms with Crippen molar-refractivity contribution in [1.29, 1.82) is 0 Å². The number of carbonyl (C=O) groups is 1. The fourth-order valence-electron chi connectivity index (χ4n) is 1.22. The molecule has 0 amide bonds. The molecule has 0 aliphatic carbocycles. The normalized spacial score (nSPS) is 14.7. The molecule has 0 aliphatic rings. The molecule has 0 saturated carbocycles. The zero-order valence-electron chi connectivity index (χ0n) is 11.4. The van der Waals surface area contributed by atoms with E-state index < -0.39 is 6.17 Å². The van der Waals surface area contributed by atoms with Crippen LogP contribution in [-0.2, 0) is 9.53 Å². The second-order valence-corrected chi connectivity index (χ2v) is 6.26. The Morgan fingerprint density at radius 3 is 2.41 bits per heavy atom. The Morgan fingerprint density at radius 1 is 1.24 bits per heavy atom. The van der Waals surface area contributed by atoms with E-state index in [-0.39, 0.29) is 11.2 Å². The summed E-state index contributed by atoms with van der Waals surface area (Å²) >= 11 is 1.59. The first-order valence-electron chi connectivity index (χ1n) is 6.35. The Morgan fingerprint density at radius 2 is 1.88 bits per heavy atom. The van der Waals surface area contributed by atoms with Crippen LogP contribution < -0.4 is 0 Å². The van der Waals surface area contributed by atoms with Crippen molar-refractivity contribution in [3.63, 3.8) is 0 Å². The highest BCUT2D eigenvalue weighted by Gasteiger charge is 2.14. The Bertz CT molecular complexity index is 208. The highest BCUT2D eigenvalue weighted by molar-refractivity contribution is 8.00. The van der Waals surface area contributed by atoms with E-state index in [1.165, 1.54) is 0 Å². The van der Waals surface area contributed by atoms with Crippen molar-refractivity contribution in [3.05, 3.63) is 0 Å². The third kappa shape index (κ3) is 10.6. The van der Waals surface area contributed by atoms with Crippen molar-refractivity contribution >= 4 is 17.7 Å². The molecule has 0 rings (SSSR count). The number of hydrogen-bond donors (Lipinski definition) is 0. The Kier molecular flexibility index (Phi) is 9.60. The van der Waals surface area contributed by atoms with Crippen molar-refractivity contribution < 1.29 is 13.9 Å². The number of thioether (sulfide) groups is 1. The number of esters is 1. The maximum absolute atomic E-state index is 12.5. The van der Waals surface area contributed by atoms with E-state index in [9.17, 15) is 9.18 Å². The maximum atomic E-state index is 12.5. The van der Waals surface area contributed by atoms with Crippen LogP contribution in [0.3, 0.4) is 0 Å². The van der Waals surface area contributed by atoms with Gasteiger partial charge in [0, 0.05) is 0 Å². The molecule has 4 heteroatoms. The largest absolute Gasteiger partial charge is 0.465 e. The number of halogens is 1. The van der Waals surface area contributed by atoms with Gasteiger partial charge in [-0.2, -0.15) is 0 Å². The quantitative estimate of drug-likeness (QED) is 0.467. The first-order valence-corrected chi connectivity index (χ1v) is 7.40. The topological polar surface area (TPSA) is 26.3 Å². The number of carbonyl (C=O) groups excluding carboxylic acids is 1. The molecule has 0 heterocycles. The predicted molar refractivity (Wildman–Crippen MR) is 72.1 cm³/mol. The van der Waals surface area contributed by atoms with Crippen LogP contribution >= 0.6 is 11.8 Å². The Balaban J connectivity index is 3.50. The minimum atomic E-state index is -0.714. The Hall–Kier alpha value is -0.250. The van der Waals surface area contributed by atoms with Crippen LogP contribution in [0.15, 0.2) is 0 Å². The zero-order chi connectivity index (χ0) is 13.3. The van der Waals surface area contributed by atoms with Crippen molar-refractivity contribution in [1.82, 2.24) is 0 Å². The van der Waals surface area contributed by atoms with Crippen LogP contribution in [0, 0.1) is 5.92 Å². The molecule has 0 radical (unpaired) electrons. The van der Waals surface area contributed by atoms with Gasteiger partial charge in [0.25, 0.3) is 0 Å². The van der Waals surface area contributed by atoms with Gasteiger partial charge in [0.05, 0.1) is 18.0 Å². The molecular formula is C13H25FO2S. The smallest absolute Gasteiger partial charge is 0.318 e. The summed E-state index contributed by atoms with van der Waals surface area (Å²) in [4.78, 5) is 11.5. The van der Waals surface area contributed by atoms with Crippen molar-refractivity contribution in [2.45, 2.75) is 58.4 Å². The molecule has 0 aromatic carbocycles. The highest BCUT2D eigenvalue weighted by Crippen LogP contribution is 2.16. The molecule has 0 bridgehead atoms. The van der Waals surface area contributed by atoms with Crippen LogP contribution in [0.4, 0.5) is 4.39 Å². The molecule has 17 heavy (non-hydrogen) atoms. The van der Waals surface area contributed by atoms with Crippen LogP contribution in [0.2, 0.25) is 0 Å². The number of ether oxygens (including phenoxy) is 1. The second-order valence-electron chi connectivity index (χ2n) is 4.81. The van der Waals surface area contributed by atoms with E-state index in [2.05, 4.69) is 0 Å². The Labute approximate surface area is 109 Å². The van der Waals surface area contributed by atoms with E-state index in [4.69, 9.17) is 4.74 Å². The maximum Gasteiger partial charge on any atom is 0.318 e. The van der Waals surface area contributed by atoms with Crippen LogP contribution in [-0.4, -0.2) is 29.8 Å². The van der Waals surface area contributed by atoms with Gasteiger partial charge in [0.15, 0.2) is 0 Å². The third-order valence-electron chi connectivity index (χ3n) is 2.25. The summed E-state index contributed by atoms with van der Waals surface area (Å²) in [5, 5.41) is -0.114. The lowest BCUT2D eigenvalue weighted by molar-refractivity contribution is -0.143. The van der Waals surface area contributed by atoms with Gasteiger partial charge >= 0.3 is 5.97 Å². The first-order chi connectivity index (χ1) is 7.93. The molecular weight excluding hydrogens is 239 g/mol. The molecule has 0 aliphatic heterocycles. The van der Waals surface area contributed by atoms with Crippen molar-refractivity contribution in [2.24, 2.45) is 5.92 Å². The van der Waals surface area contributed by atoms with Gasteiger partial charge in [-0.1, -0.05) is 13.8 Å². The van der Waals surface area contributed by atoms with E-state index in [1.807, 2.05) is 20.8 Å². The number of rotatable bonds is 9. The summed E-state index contributed by atoms with van der Waals surface area (Å²) in [5.41, 5.74) is 0. The monoisotopic (exact) mass is 264 g/mol. The van der Waals surface area contributed by atoms with Crippen LogP contribution in [0.5, 0.6) is 0 Å². The minimum Gasteiger partial charge on any atom is -0.465 e. The third-order valence-corrected chi connectivity index (χ3v) is 3.47. The van der Waals surface area contributed by atoms with Gasteiger partial charge in [-0.25, -0.2) is 4.39 Å². The average Bonchev–Trinajstić information content (AvgIpc) is 2.24. The van der Waals surface area contributed by atoms with Gasteiger partial charge in [-0.05, 0) is 44.8 Å². The molecule has 2 unspecified atom stereocenters. The van der Waals surface area contributed by atoms with Gasteiger partial charge in [-0.15, -0.1) is 11.8 Å². The van der Waals surface area contributed by atoms with Gasteiger partial charge in [-0.3, -0.25) is 4.79 Å². The molecule has 0 aromatic heterocycles. The molecule has 2 atom stereocenters. The minimum absolute atomic E-state index is 0.114. The molecule has 0 fully saturated rings. The highest BCUT2D eigenvalue weighted by atomic mass is 32.2. The fraction of sp³-hybridized carbons (Fsp3) is 0.923. The SMILES string of the molecule is CC(C)COC(=O)C(C)SCCCCC(C)F. The molecule has 0 aromatic rings. The summed E-state index contributed by atoms with van der Waals surface area (Å²) in [6, 6.07) is 0. The lowest BCUT2D eigenvalue weighted by atomic mass is 10.2. The lowest BCUT2D eigenvalue weighted by Crippen LogP contribution is -2.19. The van der Waals surface area contributed by atoms with E-state index in [1.54, 1.807) is 18.7 Å².